The number of hydrogen-bond acceptors (Lipinski definition) is 2. The molecule has 2 N–H and O–H groups in total. The van der Waals surface area contributed by atoms with Gasteiger partial charge in [-0.3, -0.25) is 0 Å². The van der Waals surface area contributed by atoms with Crippen molar-refractivity contribution < 1.29 is 4.74 Å². The zero-order valence-corrected chi connectivity index (χ0v) is 11.8. The van der Waals surface area contributed by atoms with E-state index in [1.807, 2.05) is 6.07 Å². The Kier molecular flexibility index (Phi) is 4.81. The van der Waals surface area contributed by atoms with Gasteiger partial charge in [-0.2, -0.15) is 0 Å². The summed E-state index contributed by atoms with van der Waals surface area (Å²) in [7, 11) is 1.68. The molecule has 0 saturated carbocycles. The minimum absolute atomic E-state index is 0.189. The molecule has 1 unspecified atom stereocenters. The van der Waals surface area contributed by atoms with Crippen molar-refractivity contribution in [1.82, 2.24) is 0 Å². The smallest absolute Gasteiger partial charge is 0.133 e. The van der Waals surface area contributed by atoms with E-state index in [4.69, 9.17) is 10.5 Å². The molecule has 0 saturated heterocycles. The van der Waals surface area contributed by atoms with E-state index in [1.165, 1.54) is 5.56 Å². The first-order chi connectivity index (χ1) is 7.54. The summed E-state index contributed by atoms with van der Waals surface area (Å²) in [6.07, 6.45) is 2.09. The number of hydrogen-bond donors (Lipinski definition) is 1. The minimum atomic E-state index is 0.189. The molecule has 0 aliphatic heterocycles. The van der Waals surface area contributed by atoms with Crippen LogP contribution in [0.15, 0.2) is 22.7 Å². The molecule has 1 rings (SSSR count). The molecule has 2 nitrogen and oxygen atoms in total. The van der Waals surface area contributed by atoms with Crippen molar-refractivity contribution in [2.45, 2.75) is 26.7 Å². The molecule has 0 fully saturated rings. The second kappa shape index (κ2) is 5.69. The first-order valence-corrected chi connectivity index (χ1v) is 6.36. The highest BCUT2D eigenvalue weighted by Gasteiger charge is 2.20. The van der Waals surface area contributed by atoms with Crippen molar-refractivity contribution in [3.63, 3.8) is 0 Å². The van der Waals surface area contributed by atoms with E-state index in [1.54, 1.807) is 7.11 Å². The van der Waals surface area contributed by atoms with Crippen LogP contribution >= 0.6 is 15.9 Å². The number of halogens is 1. The lowest BCUT2D eigenvalue weighted by Crippen LogP contribution is -2.28. The fourth-order valence-corrected chi connectivity index (χ4v) is 2.24. The van der Waals surface area contributed by atoms with E-state index in [9.17, 15) is 0 Å². The molecule has 0 amide bonds. The van der Waals surface area contributed by atoms with Gasteiger partial charge < -0.3 is 10.5 Å². The summed E-state index contributed by atoms with van der Waals surface area (Å²) in [6, 6.07) is 6.21. The summed E-state index contributed by atoms with van der Waals surface area (Å²) in [6.45, 7) is 5.13. The molecule has 0 heterocycles. The van der Waals surface area contributed by atoms with Crippen LogP contribution in [0.3, 0.4) is 0 Å². The van der Waals surface area contributed by atoms with Crippen molar-refractivity contribution in [2.75, 3.05) is 13.7 Å². The maximum Gasteiger partial charge on any atom is 0.133 e. The van der Waals surface area contributed by atoms with Gasteiger partial charge in [-0.1, -0.05) is 19.9 Å². The lowest BCUT2D eigenvalue weighted by molar-refractivity contribution is 0.320. The Morgan fingerprint density at radius 2 is 2.12 bits per heavy atom. The van der Waals surface area contributed by atoms with Crippen LogP contribution in [0.2, 0.25) is 0 Å². The Labute approximate surface area is 106 Å². The van der Waals surface area contributed by atoms with Crippen LogP contribution in [0.5, 0.6) is 5.75 Å². The third-order valence-electron chi connectivity index (χ3n) is 3.19. The highest BCUT2D eigenvalue weighted by Crippen LogP contribution is 2.30. The first kappa shape index (κ1) is 13.5. The van der Waals surface area contributed by atoms with Crippen LogP contribution < -0.4 is 10.5 Å². The minimum Gasteiger partial charge on any atom is -0.496 e. The fourth-order valence-electron chi connectivity index (χ4n) is 1.65. The SMILES string of the molecule is CCC(C)(CN)Cc1ccc(OC)c(Br)c1. The number of methoxy groups -OCH3 is 1. The van der Waals surface area contributed by atoms with Gasteiger partial charge in [0.05, 0.1) is 11.6 Å². The van der Waals surface area contributed by atoms with Gasteiger partial charge in [-0.05, 0) is 58.4 Å². The summed E-state index contributed by atoms with van der Waals surface area (Å²) in [5, 5.41) is 0. The van der Waals surface area contributed by atoms with E-state index in [2.05, 4.69) is 41.9 Å². The van der Waals surface area contributed by atoms with Crippen LogP contribution in [-0.2, 0) is 6.42 Å². The Morgan fingerprint density at radius 3 is 2.56 bits per heavy atom. The van der Waals surface area contributed by atoms with Gasteiger partial charge in [0, 0.05) is 0 Å². The Morgan fingerprint density at radius 1 is 1.44 bits per heavy atom. The van der Waals surface area contributed by atoms with E-state index in [0.29, 0.717) is 6.54 Å². The molecular weight excluding hydrogens is 266 g/mol. The Hall–Kier alpha value is -0.540. The van der Waals surface area contributed by atoms with E-state index < -0.39 is 0 Å². The maximum atomic E-state index is 5.82. The normalized spacial score (nSPS) is 14.6. The van der Waals surface area contributed by atoms with E-state index in [0.717, 1.165) is 23.1 Å². The second-order valence-corrected chi connectivity index (χ2v) is 5.37. The summed E-state index contributed by atoms with van der Waals surface area (Å²) < 4.78 is 6.21. The molecule has 3 heteroatoms. The topological polar surface area (TPSA) is 35.2 Å². The van der Waals surface area contributed by atoms with Crippen molar-refractivity contribution in [3.8, 4) is 5.75 Å². The molecule has 0 aromatic heterocycles. The number of nitrogens with two attached hydrogens (primary N) is 1. The van der Waals surface area contributed by atoms with E-state index in [-0.39, 0.29) is 5.41 Å². The molecule has 16 heavy (non-hydrogen) atoms. The molecular formula is C13H20BrNO. The van der Waals surface area contributed by atoms with E-state index >= 15 is 0 Å². The number of ether oxygens (including phenoxy) is 1. The summed E-state index contributed by atoms with van der Waals surface area (Å²) in [4.78, 5) is 0. The van der Waals surface area contributed by atoms with Crippen LogP contribution in [0.1, 0.15) is 25.8 Å². The highest BCUT2D eigenvalue weighted by atomic mass is 79.9. The molecule has 1 aromatic rings. The van der Waals surface area contributed by atoms with Gasteiger partial charge in [-0.25, -0.2) is 0 Å². The average Bonchev–Trinajstić information content (AvgIpc) is 2.29. The first-order valence-electron chi connectivity index (χ1n) is 5.57. The molecule has 0 radical (unpaired) electrons. The highest BCUT2D eigenvalue weighted by molar-refractivity contribution is 9.10. The standard InChI is InChI=1S/C13H20BrNO/c1-4-13(2,9-15)8-10-5-6-12(16-3)11(14)7-10/h5-7H,4,8-9,15H2,1-3H3. The molecule has 90 valence electrons. The van der Waals surface area contributed by atoms with Crippen LogP contribution in [0.25, 0.3) is 0 Å². The Balaban J connectivity index is 2.86. The third kappa shape index (κ3) is 3.22. The van der Waals surface area contributed by atoms with Crippen molar-refractivity contribution >= 4 is 15.9 Å². The molecule has 0 spiro atoms. The third-order valence-corrected chi connectivity index (χ3v) is 3.81. The summed E-state index contributed by atoms with van der Waals surface area (Å²) in [5.41, 5.74) is 7.31. The zero-order valence-electron chi connectivity index (χ0n) is 10.2. The lowest BCUT2D eigenvalue weighted by atomic mass is 9.81. The van der Waals surface area contributed by atoms with Crippen LogP contribution in [0, 0.1) is 5.41 Å². The zero-order chi connectivity index (χ0) is 12.2. The van der Waals surface area contributed by atoms with Gasteiger partial charge >= 0.3 is 0 Å². The van der Waals surface area contributed by atoms with Crippen molar-refractivity contribution in [2.24, 2.45) is 11.1 Å². The fraction of sp³-hybridized carbons (Fsp3) is 0.538. The lowest BCUT2D eigenvalue weighted by Gasteiger charge is -2.26. The van der Waals surface area contributed by atoms with Crippen molar-refractivity contribution in [1.29, 1.82) is 0 Å². The van der Waals surface area contributed by atoms with Gasteiger partial charge in [0.1, 0.15) is 5.75 Å². The predicted molar refractivity (Wildman–Crippen MR) is 71.9 cm³/mol. The predicted octanol–water partition coefficient (Wildman–Crippen LogP) is 3.38. The maximum absolute atomic E-state index is 5.82. The molecule has 1 atom stereocenters. The van der Waals surface area contributed by atoms with Gasteiger partial charge in [0.15, 0.2) is 0 Å². The molecule has 0 aliphatic rings. The van der Waals surface area contributed by atoms with Gasteiger partial charge in [0.2, 0.25) is 0 Å². The Bertz CT molecular complexity index is 348. The molecule has 0 aliphatic carbocycles. The number of rotatable bonds is 5. The largest absolute Gasteiger partial charge is 0.496 e. The quantitative estimate of drug-likeness (QED) is 0.900. The van der Waals surface area contributed by atoms with Crippen LogP contribution in [0.4, 0.5) is 0 Å². The molecule has 1 aromatic carbocycles. The summed E-state index contributed by atoms with van der Waals surface area (Å²) in [5.74, 6) is 0.870. The monoisotopic (exact) mass is 285 g/mol. The number of benzene rings is 1. The van der Waals surface area contributed by atoms with Crippen molar-refractivity contribution in [3.05, 3.63) is 28.2 Å². The van der Waals surface area contributed by atoms with Crippen LogP contribution in [-0.4, -0.2) is 13.7 Å². The van der Waals surface area contributed by atoms with Gasteiger partial charge in [0.25, 0.3) is 0 Å². The average molecular weight is 286 g/mol. The molecule has 0 bridgehead atoms. The second-order valence-electron chi connectivity index (χ2n) is 4.51. The summed E-state index contributed by atoms with van der Waals surface area (Å²) >= 11 is 3.50. The van der Waals surface area contributed by atoms with Gasteiger partial charge in [-0.15, -0.1) is 0 Å².